The molecule has 0 heterocycles. The van der Waals surface area contributed by atoms with Gasteiger partial charge in [-0.05, 0) is 35.7 Å². The van der Waals surface area contributed by atoms with Gasteiger partial charge in [-0.3, -0.25) is 0 Å². The summed E-state index contributed by atoms with van der Waals surface area (Å²) < 4.78 is 27.6. The summed E-state index contributed by atoms with van der Waals surface area (Å²) in [7, 11) is -1.95. The van der Waals surface area contributed by atoms with E-state index in [-0.39, 0.29) is 6.04 Å². The summed E-state index contributed by atoms with van der Waals surface area (Å²) in [5.74, 6) is 0. The number of hydrogen-bond donors (Lipinski definition) is 1. The van der Waals surface area contributed by atoms with Crippen LogP contribution in [0.25, 0.3) is 0 Å². The topological polar surface area (TPSA) is 49.4 Å². The fourth-order valence-corrected chi connectivity index (χ4v) is 4.50. The van der Waals surface area contributed by atoms with Crippen LogP contribution < -0.4 is 5.32 Å². The Morgan fingerprint density at radius 3 is 2.07 bits per heavy atom. The molecule has 4 nitrogen and oxygen atoms in total. The van der Waals surface area contributed by atoms with Crippen LogP contribution in [0.2, 0.25) is 0 Å². The van der Waals surface area contributed by atoms with E-state index in [1.807, 2.05) is 61.5 Å². The third-order valence-electron chi connectivity index (χ3n) is 4.90. The zero-order valence-electron chi connectivity index (χ0n) is 16.2. The molecule has 3 aromatic carbocycles. The van der Waals surface area contributed by atoms with Gasteiger partial charge in [-0.1, -0.05) is 72.8 Å². The van der Waals surface area contributed by atoms with E-state index >= 15 is 0 Å². The van der Waals surface area contributed by atoms with Gasteiger partial charge >= 0.3 is 0 Å². The van der Waals surface area contributed by atoms with Crippen LogP contribution in [-0.2, 0) is 23.1 Å². The normalized spacial score (nSPS) is 12.8. The molecule has 146 valence electrons. The first-order valence-corrected chi connectivity index (χ1v) is 10.8. The lowest BCUT2D eigenvalue weighted by atomic mass is 10.1. The standard InChI is InChI=1S/C23H26N2O2S/c1-19(22-13-7-4-8-14-22)25(2)28(26,27)23-15-9-12-21(16-23)18-24-17-20-10-5-3-6-11-20/h3-16,19,24H,17-18H2,1-2H3. The number of rotatable bonds is 8. The lowest BCUT2D eigenvalue weighted by molar-refractivity contribution is 0.398. The van der Waals surface area contributed by atoms with Gasteiger partial charge in [0, 0.05) is 26.2 Å². The van der Waals surface area contributed by atoms with Crippen molar-refractivity contribution in [2.45, 2.75) is 31.0 Å². The van der Waals surface area contributed by atoms with Crippen LogP contribution in [0.5, 0.6) is 0 Å². The van der Waals surface area contributed by atoms with E-state index in [4.69, 9.17) is 0 Å². The van der Waals surface area contributed by atoms with Gasteiger partial charge in [-0.15, -0.1) is 0 Å². The molecular formula is C23H26N2O2S. The maximum atomic E-state index is 13.1. The van der Waals surface area contributed by atoms with E-state index in [1.165, 1.54) is 9.87 Å². The molecule has 0 aromatic heterocycles. The quantitative estimate of drug-likeness (QED) is 0.618. The second-order valence-corrected chi connectivity index (χ2v) is 8.84. The van der Waals surface area contributed by atoms with Crippen LogP contribution >= 0.6 is 0 Å². The summed E-state index contributed by atoms with van der Waals surface area (Å²) in [6.07, 6.45) is 0. The third kappa shape index (κ3) is 4.87. The average Bonchev–Trinajstić information content (AvgIpc) is 2.74. The predicted molar refractivity (Wildman–Crippen MR) is 113 cm³/mol. The first-order valence-electron chi connectivity index (χ1n) is 9.35. The lowest BCUT2D eigenvalue weighted by Crippen LogP contribution is -2.30. The van der Waals surface area contributed by atoms with E-state index < -0.39 is 10.0 Å². The van der Waals surface area contributed by atoms with Crippen molar-refractivity contribution in [1.29, 1.82) is 0 Å². The number of sulfonamides is 1. The molecule has 5 heteroatoms. The van der Waals surface area contributed by atoms with E-state index in [1.54, 1.807) is 25.2 Å². The molecule has 0 aliphatic heterocycles. The Morgan fingerprint density at radius 1 is 0.821 bits per heavy atom. The van der Waals surface area contributed by atoms with Gasteiger partial charge < -0.3 is 5.32 Å². The van der Waals surface area contributed by atoms with Crippen LogP contribution in [-0.4, -0.2) is 19.8 Å². The van der Waals surface area contributed by atoms with Crippen molar-refractivity contribution in [2.24, 2.45) is 0 Å². The zero-order chi connectivity index (χ0) is 20.0. The van der Waals surface area contributed by atoms with Gasteiger partial charge in [0.25, 0.3) is 0 Å². The number of benzene rings is 3. The number of nitrogens with zero attached hydrogens (tertiary/aromatic N) is 1. The molecule has 28 heavy (non-hydrogen) atoms. The highest BCUT2D eigenvalue weighted by Crippen LogP contribution is 2.26. The summed E-state index contributed by atoms with van der Waals surface area (Å²) in [6, 6.07) is 26.7. The maximum absolute atomic E-state index is 13.1. The van der Waals surface area contributed by atoms with E-state index in [9.17, 15) is 8.42 Å². The predicted octanol–water partition coefficient (Wildman–Crippen LogP) is 4.36. The number of nitrogens with one attached hydrogen (secondary N) is 1. The summed E-state index contributed by atoms with van der Waals surface area (Å²) in [6.45, 7) is 3.25. The Morgan fingerprint density at radius 2 is 1.39 bits per heavy atom. The average molecular weight is 395 g/mol. The zero-order valence-corrected chi connectivity index (χ0v) is 17.1. The van der Waals surface area contributed by atoms with Crippen molar-refractivity contribution in [3.8, 4) is 0 Å². The van der Waals surface area contributed by atoms with Gasteiger partial charge in [0.05, 0.1) is 4.90 Å². The Balaban J connectivity index is 1.71. The molecule has 3 aromatic rings. The highest BCUT2D eigenvalue weighted by Gasteiger charge is 2.26. The monoisotopic (exact) mass is 394 g/mol. The molecule has 0 bridgehead atoms. The molecule has 0 fully saturated rings. The first kappa shape index (κ1) is 20.3. The van der Waals surface area contributed by atoms with Gasteiger partial charge in [0.2, 0.25) is 10.0 Å². The largest absolute Gasteiger partial charge is 0.309 e. The van der Waals surface area contributed by atoms with Crippen molar-refractivity contribution in [3.05, 3.63) is 102 Å². The van der Waals surface area contributed by atoms with Crippen LogP contribution in [0, 0.1) is 0 Å². The van der Waals surface area contributed by atoms with Crippen LogP contribution in [0.15, 0.2) is 89.8 Å². The van der Waals surface area contributed by atoms with E-state index in [2.05, 4.69) is 17.4 Å². The molecule has 0 spiro atoms. The Bertz CT molecular complexity index is 989. The molecular weight excluding hydrogens is 368 g/mol. The molecule has 0 amide bonds. The van der Waals surface area contributed by atoms with Gasteiger partial charge in [-0.25, -0.2) is 8.42 Å². The van der Waals surface area contributed by atoms with Crippen LogP contribution in [0.1, 0.15) is 29.7 Å². The maximum Gasteiger partial charge on any atom is 0.243 e. The molecule has 1 unspecified atom stereocenters. The minimum Gasteiger partial charge on any atom is -0.309 e. The molecule has 3 rings (SSSR count). The molecule has 0 saturated heterocycles. The molecule has 1 atom stereocenters. The molecule has 0 saturated carbocycles. The van der Waals surface area contributed by atoms with Crippen molar-refractivity contribution < 1.29 is 8.42 Å². The molecule has 0 aliphatic carbocycles. The molecule has 1 N–H and O–H groups in total. The Hall–Kier alpha value is -2.47. The SMILES string of the molecule is CC(c1ccccc1)N(C)S(=O)(=O)c1cccc(CNCc2ccccc2)c1. The second kappa shape index (κ2) is 9.15. The molecule has 0 aliphatic rings. The highest BCUT2D eigenvalue weighted by atomic mass is 32.2. The van der Waals surface area contributed by atoms with Crippen LogP contribution in [0.3, 0.4) is 0 Å². The third-order valence-corrected chi connectivity index (χ3v) is 6.83. The number of hydrogen-bond acceptors (Lipinski definition) is 3. The Labute approximate surface area is 167 Å². The van der Waals surface area contributed by atoms with Gasteiger partial charge in [0.1, 0.15) is 0 Å². The van der Waals surface area contributed by atoms with E-state index in [0.29, 0.717) is 11.4 Å². The highest BCUT2D eigenvalue weighted by molar-refractivity contribution is 7.89. The minimum absolute atomic E-state index is 0.244. The van der Waals surface area contributed by atoms with E-state index in [0.717, 1.165) is 17.7 Å². The minimum atomic E-state index is -3.58. The Kier molecular flexibility index (Phi) is 6.62. The fourth-order valence-electron chi connectivity index (χ4n) is 3.08. The van der Waals surface area contributed by atoms with Crippen molar-refractivity contribution in [1.82, 2.24) is 9.62 Å². The summed E-state index contributed by atoms with van der Waals surface area (Å²) in [5, 5.41) is 3.37. The van der Waals surface area contributed by atoms with Crippen molar-refractivity contribution in [2.75, 3.05) is 7.05 Å². The lowest BCUT2D eigenvalue weighted by Gasteiger charge is -2.25. The van der Waals surface area contributed by atoms with Gasteiger partial charge in [-0.2, -0.15) is 4.31 Å². The second-order valence-electron chi connectivity index (χ2n) is 6.84. The van der Waals surface area contributed by atoms with Gasteiger partial charge in [0.15, 0.2) is 0 Å². The summed E-state index contributed by atoms with van der Waals surface area (Å²) >= 11 is 0. The van der Waals surface area contributed by atoms with Crippen molar-refractivity contribution in [3.63, 3.8) is 0 Å². The smallest absolute Gasteiger partial charge is 0.243 e. The summed E-state index contributed by atoms with van der Waals surface area (Å²) in [5.41, 5.74) is 3.11. The van der Waals surface area contributed by atoms with Crippen molar-refractivity contribution >= 4 is 10.0 Å². The molecule has 0 radical (unpaired) electrons. The first-order chi connectivity index (χ1) is 13.5. The summed E-state index contributed by atoms with van der Waals surface area (Å²) in [4.78, 5) is 0.316. The van der Waals surface area contributed by atoms with Crippen LogP contribution in [0.4, 0.5) is 0 Å². The fraction of sp³-hybridized carbons (Fsp3) is 0.217.